The van der Waals surface area contributed by atoms with Crippen LogP contribution in [-0.4, -0.2) is 26.4 Å². The third kappa shape index (κ3) is 5.38. The van der Waals surface area contributed by atoms with Crippen LogP contribution in [0.15, 0.2) is 41.6 Å². The molecule has 29 heavy (non-hydrogen) atoms. The summed E-state index contributed by atoms with van der Waals surface area (Å²) in [6.45, 7) is 8.47. The summed E-state index contributed by atoms with van der Waals surface area (Å²) in [7, 11) is 1.88. The molecule has 0 aliphatic carbocycles. The van der Waals surface area contributed by atoms with Crippen LogP contribution in [0, 0.1) is 27.7 Å². The Balaban J connectivity index is 1.55. The highest BCUT2D eigenvalue weighted by Gasteiger charge is 2.13. The van der Waals surface area contributed by atoms with E-state index in [0.29, 0.717) is 17.6 Å². The Labute approximate surface area is 175 Å². The van der Waals surface area contributed by atoms with E-state index in [1.165, 1.54) is 28.5 Å². The predicted molar refractivity (Wildman–Crippen MR) is 117 cm³/mol. The zero-order valence-corrected chi connectivity index (χ0v) is 18.3. The molecule has 7 heteroatoms. The molecule has 3 aromatic rings. The zero-order chi connectivity index (χ0) is 21.0. The van der Waals surface area contributed by atoms with Crippen molar-refractivity contribution < 1.29 is 9.53 Å². The van der Waals surface area contributed by atoms with E-state index in [9.17, 15) is 4.79 Å². The van der Waals surface area contributed by atoms with Crippen molar-refractivity contribution in [3.63, 3.8) is 0 Å². The van der Waals surface area contributed by atoms with Crippen LogP contribution in [0.25, 0.3) is 0 Å². The minimum atomic E-state index is -0.0714. The summed E-state index contributed by atoms with van der Waals surface area (Å²) < 4.78 is 7.69. The van der Waals surface area contributed by atoms with Crippen LogP contribution in [0.4, 0.5) is 5.69 Å². The molecule has 0 spiro atoms. The fourth-order valence-corrected chi connectivity index (χ4v) is 3.55. The number of carbonyl (C=O) groups excluding carboxylic acids is 1. The Morgan fingerprint density at radius 1 is 1.03 bits per heavy atom. The number of aromatic nitrogens is 3. The van der Waals surface area contributed by atoms with Crippen molar-refractivity contribution >= 4 is 23.4 Å². The van der Waals surface area contributed by atoms with Gasteiger partial charge in [-0.05, 0) is 62.6 Å². The summed E-state index contributed by atoms with van der Waals surface area (Å²) in [6.07, 6.45) is 0. The van der Waals surface area contributed by atoms with Gasteiger partial charge in [0, 0.05) is 12.7 Å². The van der Waals surface area contributed by atoms with Gasteiger partial charge in [-0.2, -0.15) is 0 Å². The monoisotopic (exact) mass is 410 g/mol. The molecule has 0 fully saturated rings. The number of nitrogens with one attached hydrogen (secondary N) is 1. The fourth-order valence-electron chi connectivity index (χ4n) is 2.82. The van der Waals surface area contributed by atoms with Gasteiger partial charge < -0.3 is 14.6 Å². The highest BCUT2D eigenvalue weighted by atomic mass is 32.2. The number of amides is 1. The van der Waals surface area contributed by atoms with E-state index in [0.717, 1.165) is 17.0 Å². The van der Waals surface area contributed by atoms with Gasteiger partial charge in [-0.1, -0.05) is 35.5 Å². The van der Waals surface area contributed by atoms with E-state index < -0.39 is 0 Å². The topological polar surface area (TPSA) is 69.0 Å². The van der Waals surface area contributed by atoms with Gasteiger partial charge >= 0.3 is 0 Å². The van der Waals surface area contributed by atoms with Crippen LogP contribution in [-0.2, 0) is 18.4 Å². The van der Waals surface area contributed by atoms with E-state index in [-0.39, 0.29) is 11.7 Å². The molecule has 0 aliphatic heterocycles. The molecule has 0 aliphatic rings. The molecule has 1 heterocycles. The predicted octanol–water partition coefficient (Wildman–Crippen LogP) is 4.36. The summed E-state index contributed by atoms with van der Waals surface area (Å²) in [5, 5.41) is 12.0. The first-order valence-electron chi connectivity index (χ1n) is 9.41. The number of thioether (sulfide) groups is 1. The van der Waals surface area contributed by atoms with Crippen LogP contribution in [0.1, 0.15) is 28.1 Å². The molecule has 0 atom stereocenters. The standard InChI is InChI=1S/C22H26N4O2S/c1-14-6-9-19(17(4)10-14)23-21(27)13-29-22-25-24-20(26(22)5)12-28-18-8-7-15(2)16(3)11-18/h6-11H,12-13H2,1-5H3,(H,23,27). The third-order valence-corrected chi connectivity index (χ3v) is 5.78. The average molecular weight is 411 g/mol. The highest BCUT2D eigenvalue weighted by molar-refractivity contribution is 7.99. The fraction of sp³-hybridized carbons (Fsp3) is 0.318. The molecule has 1 N–H and O–H groups in total. The number of rotatable bonds is 7. The second kappa shape index (κ2) is 9.13. The second-order valence-corrected chi connectivity index (χ2v) is 8.09. The molecule has 3 rings (SSSR count). The maximum Gasteiger partial charge on any atom is 0.234 e. The summed E-state index contributed by atoms with van der Waals surface area (Å²) in [5.41, 5.74) is 5.47. The second-order valence-electron chi connectivity index (χ2n) is 7.15. The lowest BCUT2D eigenvalue weighted by Crippen LogP contribution is -2.15. The molecular weight excluding hydrogens is 384 g/mol. The summed E-state index contributed by atoms with van der Waals surface area (Å²) >= 11 is 1.35. The lowest BCUT2D eigenvalue weighted by Gasteiger charge is -2.09. The normalized spacial score (nSPS) is 10.8. The maximum atomic E-state index is 12.3. The van der Waals surface area contributed by atoms with E-state index in [1.807, 2.05) is 61.9 Å². The molecule has 0 radical (unpaired) electrons. The number of hydrogen-bond donors (Lipinski definition) is 1. The number of aryl methyl sites for hydroxylation is 4. The largest absolute Gasteiger partial charge is 0.486 e. The molecule has 0 saturated heterocycles. The number of hydrogen-bond acceptors (Lipinski definition) is 5. The number of benzene rings is 2. The lowest BCUT2D eigenvalue weighted by atomic mass is 10.1. The lowest BCUT2D eigenvalue weighted by molar-refractivity contribution is -0.113. The van der Waals surface area contributed by atoms with Gasteiger partial charge in [0.05, 0.1) is 5.75 Å². The Kier molecular flexibility index (Phi) is 6.59. The Hall–Kier alpha value is -2.80. The minimum absolute atomic E-state index is 0.0714. The quantitative estimate of drug-likeness (QED) is 0.586. The first kappa shape index (κ1) is 20.9. The van der Waals surface area contributed by atoms with E-state index in [4.69, 9.17) is 4.74 Å². The molecule has 0 bridgehead atoms. The Bertz CT molecular complexity index is 1030. The Morgan fingerprint density at radius 2 is 1.83 bits per heavy atom. The van der Waals surface area contributed by atoms with Gasteiger partial charge in [-0.3, -0.25) is 4.79 Å². The molecule has 1 amide bonds. The number of ether oxygens (including phenoxy) is 1. The van der Waals surface area contributed by atoms with Crippen LogP contribution >= 0.6 is 11.8 Å². The summed E-state index contributed by atoms with van der Waals surface area (Å²) in [4.78, 5) is 12.3. The van der Waals surface area contributed by atoms with E-state index >= 15 is 0 Å². The van der Waals surface area contributed by atoms with Crippen molar-refractivity contribution in [2.24, 2.45) is 7.05 Å². The van der Waals surface area contributed by atoms with Crippen LogP contribution in [0.3, 0.4) is 0 Å². The smallest absolute Gasteiger partial charge is 0.234 e. The zero-order valence-electron chi connectivity index (χ0n) is 17.4. The van der Waals surface area contributed by atoms with Gasteiger partial charge in [0.25, 0.3) is 0 Å². The molecule has 1 aromatic heterocycles. The van der Waals surface area contributed by atoms with Crippen molar-refractivity contribution in [1.29, 1.82) is 0 Å². The third-order valence-electron chi connectivity index (χ3n) is 4.76. The molecule has 6 nitrogen and oxygen atoms in total. The highest BCUT2D eigenvalue weighted by Crippen LogP contribution is 2.21. The minimum Gasteiger partial charge on any atom is -0.486 e. The van der Waals surface area contributed by atoms with Crippen molar-refractivity contribution in [1.82, 2.24) is 14.8 Å². The van der Waals surface area contributed by atoms with Gasteiger partial charge in [0.1, 0.15) is 12.4 Å². The molecule has 2 aromatic carbocycles. The van der Waals surface area contributed by atoms with Crippen molar-refractivity contribution in [2.45, 2.75) is 39.5 Å². The van der Waals surface area contributed by atoms with Gasteiger partial charge in [0.15, 0.2) is 11.0 Å². The number of carbonyl (C=O) groups is 1. The van der Waals surface area contributed by atoms with Crippen LogP contribution < -0.4 is 10.1 Å². The van der Waals surface area contributed by atoms with Crippen molar-refractivity contribution in [2.75, 3.05) is 11.1 Å². The van der Waals surface area contributed by atoms with Gasteiger partial charge in [-0.15, -0.1) is 10.2 Å². The van der Waals surface area contributed by atoms with Crippen LogP contribution in [0.2, 0.25) is 0 Å². The number of nitrogens with zero attached hydrogens (tertiary/aromatic N) is 3. The molecule has 0 unspecified atom stereocenters. The summed E-state index contributed by atoms with van der Waals surface area (Å²) in [5.74, 6) is 1.70. The first-order valence-corrected chi connectivity index (χ1v) is 10.4. The van der Waals surface area contributed by atoms with Crippen molar-refractivity contribution in [3.05, 3.63) is 64.5 Å². The number of anilines is 1. The Morgan fingerprint density at radius 3 is 2.55 bits per heavy atom. The van der Waals surface area contributed by atoms with E-state index in [2.05, 4.69) is 29.4 Å². The van der Waals surface area contributed by atoms with Crippen molar-refractivity contribution in [3.8, 4) is 5.75 Å². The maximum absolute atomic E-state index is 12.3. The van der Waals surface area contributed by atoms with Crippen LogP contribution in [0.5, 0.6) is 5.75 Å². The van der Waals surface area contributed by atoms with Gasteiger partial charge in [0.2, 0.25) is 5.91 Å². The molecule has 152 valence electrons. The molecule has 0 saturated carbocycles. The molecular formula is C22H26N4O2S. The van der Waals surface area contributed by atoms with Gasteiger partial charge in [-0.25, -0.2) is 0 Å². The average Bonchev–Trinajstić information content (AvgIpc) is 3.03. The van der Waals surface area contributed by atoms with E-state index in [1.54, 1.807) is 0 Å². The SMILES string of the molecule is Cc1ccc(NC(=O)CSc2nnc(COc3ccc(C)c(C)c3)n2C)c(C)c1. The summed E-state index contributed by atoms with van der Waals surface area (Å²) in [6, 6.07) is 12.0. The first-order chi connectivity index (χ1) is 13.8.